The normalized spacial score (nSPS) is 26.2. The minimum absolute atomic E-state index is 0.0890. The van der Waals surface area contributed by atoms with Crippen LogP contribution in [0.5, 0.6) is 0 Å². The van der Waals surface area contributed by atoms with E-state index in [1.165, 1.54) is 37.7 Å². The molecule has 110 valence electrons. The molecule has 0 unspecified atom stereocenters. The van der Waals surface area contributed by atoms with Crippen molar-refractivity contribution in [3.63, 3.8) is 0 Å². The zero-order valence-electron chi connectivity index (χ0n) is 12.6. The Hall–Kier alpha value is -0.860. The molecule has 0 spiro atoms. The van der Waals surface area contributed by atoms with E-state index in [-0.39, 0.29) is 6.10 Å². The number of nitrogens with zero attached hydrogens (tertiary/aromatic N) is 1. The van der Waals surface area contributed by atoms with Crippen molar-refractivity contribution in [2.45, 2.75) is 57.0 Å². The Morgan fingerprint density at radius 2 is 1.90 bits per heavy atom. The first-order valence-corrected chi connectivity index (χ1v) is 8.16. The first-order chi connectivity index (χ1) is 9.68. The van der Waals surface area contributed by atoms with Crippen LogP contribution in [-0.4, -0.2) is 35.7 Å². The fourth-order valence-corrected chi connectivity index (χ4v) is 4.03. The minimum Gasteiger partial charge on any atom is -0.392 e. The van der Waals surface area contributed by atoms with Crippen LogP contribution in [0.1, 0.15) is 49.7 Å². The predicted molar refractivity (Wildman–Crippen MR) is 83.0 cm³/mol. The van der Waals surface area contributed by atoms with Crippen molar-refractivity contribution < 1.29 is 5.11 Å². The molecule has 2 fully saturated rings. The average molecular weight is 273 g/mol. The van der Waals surface area contributed by atoms with Crippen LogP contribution in [0, 0.1) is 6.92 Å². The lowest BCUT2D eigenvalue weighted by Crippen LogP contribution is -2.31. The smallest absolute Gasteiger partial charge is 0.0679 e. The van der Waals surface area contributed by atoms with E-state index in [9.17, 15) is 5.11 Å². The van der Waals surface area contributed by atoms with Crippen LogP contribution < -0.4 is 0 Å². The number of benzene rings is 1. The summed E-state index contributed by atoms with van der Waals surface area (Å²) < 4.78 is 0. The number of rotatable bonds is 4. The standard InChI is InChI=1S/C18H27NO/c1-15-4-6-16(7-5-15)18(9-2-3-10-18)11-13-19-12-8-17(20)14-19/h4-7,17,20H,2-3,8-14H2,1H3/t17-/m0/s1. The third-order valence-electron chi connectivity index (χ3n) is 5.38. The van der Waals surface area contributed by atoms with Crippen molar-refractivity contribution in [1.82, 2.24) is 4.90 Å². The number of hydrogen-bond acceptors (Lipinski definition) is 2. The molecule has 1 N–H and O–H groups in total. The molecule has 1 heterocycles. The lowest BCUT2D eigenvalue weighted by molar-refractivity contribution is 0.172. The second kappa shape index (κ2) is 5.87. The van der Waals surface area contributed by atoms with Gasteiger partial charge < -0.3 is 10.0 Å². The molecule has 2 nitrogen and oxygen atoms in total. The van der Waals surface area contributed by atoms with Gasteiger partial charge in [-0.15, -0.1) is 0 Å². The van der Waals surface area contributed by atoms with E-state index in [2.05, 4.69) is 36.1 Å². The van der Waals surface area contributed by atoms with E-state index in [0.29, 0.717) is 5.41 Å². The van der Waals surface area contributed by atoms with Gasteiger partial charge >= 0.3 is 0 Å². The lowest BCUT2D eigenvalue weighted by atomic mass is 9.76. The van der Waals surface area contributed by atoms with Crippen molar-refractivity contribution >= 4 is 0 Å². The van der Waals surface area contributed by atoms with Crippen LogP contribution in [0.2, 0.25) is 0 Å². The average Bonchev–Trinajstić information content (AvgIpc) is 3.07. The van der Waals surface area contributed by atoms with E-state index in [0.717, 1.165) is 26.1 Å². The number of aryl methyl sites for hydroxylation is 1. The van der Waals surface area contributed by atoms with Gasteiger partial charge in [0.1, 0.15) is 0 Å². The second-order valence-electron chi connectivity index (χ2n) is 6.85. The maximum absolute atomic E-state index is 9.66. The van der Waals surface area contributed by atoms with Crippen LogP contribution in [-0.2, 0) is 5.41 Å². The monoisotopic (exact) mass is 273 g/mol. The summed E-state index contributed by atoms with van der Waals surface area (Å²) in [7, 11) is 0. The van der Waals surface area contributed by atoms with Crippen LogP contribution >= 0.6 is 0 Å². The summed E-state index contributed by atoms with van der Waals surface area (Å²) in [4.78, 5) is 2.44. The maximum Gasteiger partial charge on any atom is 0.0679 e. The fourth-order valence-electron chi connectivity index (χ4n) is 4.03. The quantitative estimate of drug-likeness (QED) is 0.910. The van der Waals surface area contributed by atoms with Gasteiger partial charge in [0.25, 0.3) is 0 Å². The number of likely N-dealkylation sites (tertiary alicyclic amines) is 1. The Kier molecular flexibility index (Phi) is 4.13. The summed E-state index contributed by atoms with van der Waals surface area (Å²) in [5.41, 5.74) is 3.30. The van der Waals surface area contributed by atoms with E-state index in [1.807, 2.05) is 0 Å². The molecule has 1 saturated heterocycles. The van der Waals surface area contributed by atoms with Gasteiger partial charge in [-0.3, -0.25) is 0 Å². The third kappa shape index (κ3) is 2.91. The Balaban J connectivity index is 1.69. The van der Waals surface area contributed by atoms with Gasteiger partial charge in [-0.2, -0.15) is 0 Å². The van der Waals surface area contributed by atoms with E-state index in [1.54, 1.807) is 5.56 Å². The highest BCUT2D eigenvalue weighted by molar-refractivity contribution is 5.29. The van der Waals surface area contributed by atoms with Crippen LogP contribution in [0.3, 0.4) is 0 Å². The highest BCUT2D eigenvalue weighted by Crippen LogP contribution is 2.44. The Morgan fingerprint density at radius 1 is 1.20 bits per heavy atom. The number of aliphatic hydroxyl groups excluding tert-OH is 1. The van der Waals surface area contributed by atoms with Gasteiger partial charge in [0.2, 0.25) is 0 Å². The predicted octanol–water partition coefficient (Wildman–Crippen LogP) is 3.26. The third-order valence-corrected chi connectivity index (χ3v) is 5.38. The summed E-state index contributed by atoms with van der Waals surface area (Å²) >= 11 is 0. The zero-order valence-corrected chi connectivity index (χ0v) is 12.6. The van der Waals surface area contributed by atoms with Gasteiger partial charge in [0.15, 0.2) is 0 Å². The molecule has 1 aromatic carbocycles. The van der Waals surface area contributed by atoms with Crippen molar-refractivity contribution in [2.24, 2.45) is 0 Å². The molecule has 0 radical (unpaired) electrons. The van der Waals surface area contributed by atoms with Crippen molar-refractivity contribution in [1.29, 1.82) is 0 Å². The van der Waals surface area contributed by atoms with Crippen LogP contribution in [0.4, 0.5) is 0 Å². The Bertz CT molecular complexity index is 433. The SMILES string of the molecule is Cc1ccc(C2(CCN3CC[C@H](O)C3)CCCC2)cc1. The van der Waals surface area contributed by atoms with E-state index >= 15 is 0 Å². The van der Waals surface area contributed by atoms with Crippen LogP contribution in [0.25, 0.3) is 0 Å². The highest BCUT2D eigenvalue weighted by Gasteiger charge is 2.36. The molecular formula is C18H27NO. The van der Waals surface area contributed by atoms with Gasteiger partial charge in [-0.1, -0.05) is 42.7 Å². The lowest BCUT2D eigenvalue weighted by Gasteiger charge is -2.32. The van der Waals surface area contributed by atoms with Crippen LogP contribution in [0.15, 0.2) is 24.3 Å². The van der Waals surface area contributed by atoms with Gasteiger partial charge in [0.05, 0.1) is 6.10 Å². The fraction of sp³-hybridized carbons (Fsp3) is 0.667. The topological polar surface area (TPSA) is 23.5 Å². The van der Waals surface area contributed by atoms with Crippen molar-refractivity contribution in [3.8, 4) is 0 Å². The molecule has 1 aromatic rings. The zero-order chi connectivity index (χ0) is 14.0. The molecule has 0 aromatic heterocycles. The molecule has 1 atom stereocenters. The highest BCUT2D eigenvalue weighted by atomic mass is 16.3. The summed E-state index contributed by atoms with van der Waals surface area (Å²) in [5.74, 6) is 0. The molecular weight excluding hydrogens is 246 g/mol. The molecule has 1 saturated carbocycles. The van der Waals surface area contributed by atoms with E-state index in [4.69, 9.17) is 0 Å². The largest absolute Gasteiger partial charge is 0.392 e. The summed E-state index contributed by atoms with van der Waals surface area (Å²) in [6.45, 7) is 5.26. The molecule has 2 aliphatic rings. The summed E-state index contributed by atoms with van der Waals surface area (Å²) in [6.07, 6.45) is 7.54. The van der Waals surface area contributed by atoms with Gasteiger partial charge in [0, 0.05) is 13.1 Å². The van der Waals surface area contributed by atoms with Gasteiger partial charge in [-0.05, 0) is 50.1 Å². The number of aliphatic hydroxyl groups is 1. The molecule has 2 heteroatoms. The summed E-state index contributed by atoms with van der Waals surface area (Å²) in [6, 6.07) is 9.21. The Morgan fingerprint density at radius 3 is 2.50 bits per heavy atom. The molecule has 1 aliphatic heterocycles. The first-order valence-electron chi connectivity index (χ1n) is 8.16. The van der Waals surface area contributed by atoms with Gasteiger partial charge in [-0.25, -0.2) is 0 Å². The number of β-amino-alcohol motifs (C(OH)–C–C–N with tert-alkyl or cyclic N) is 1. The molecule has 3 rings (SSSR count). The molecule has 0 bridgehead atoms. The van der Waals surface area contributed by atoms with E-state index < -0.39 is 0 Å². The second-order valence-corrected chi connectivity index (χ2v) is 6.85. The molecule has 20 heavy (non-hydrogen) atoms. The first kappa shape index (κ1) is 14.1. The molecule has 1 aliphatic carbocycles. The Labute approximate surface area is 122 Å². The van der Waals surface area contributed by atoms with Crippen molar-refractivity contribution in [2.75, 3.05) is 19.6 Å². The molecule has 0 amide bonds. The number of hydrogen-bond donors (Lipinski definition) is 1. The minimum atomic E-state index is -0.0890. The van der Waals surface area contributed by atoms with Crippen molar-refractivity contribution in [3.05, 3.63) is 35.4 Å². The maximum atomic E-state index is 9.66. The summed E-state index contributed by atoms with van der Waals surface area (Å²) in [5, 5.41) is 9.66.